The van der Waals surface area contributed by atoms with Crippen LogP contribution >= 0.6 is 0 Å². The van der Waals surface area contributed by atoms with Crippen LogP contribution in [0.15, 0.2) is 24.5 Å². The molecule has 5 nitrogen and oxygen atoms in total. The molecule has 0 aliphatic rings. The van der Waals surface area contributed by atoms with Crippen molar-refractivity contribution in [2.75, 3.05) is 17.2 Å². The van der Waals surface area contributed by atoms with E-state index in [2.05, 4.69) is 20.6 Å². The molecule has 23 heavy (non-hydrogen) atoms. The van der Waals surface area contributed by atoms with Crippen molar-refractivity contribution in [2.24, 2.45) is 0 Å². The minimum atomic E-state index is -1.65. The number of halogens is 3. The second-order valence-corrected chi connectivity index (χ2v) is 4.75. The van der Waals surface area contributed by atoms with Crippen molar-refractivity contribution >= 4 is 17.4 Å². The van der Waals surface area contributed by atoms with E-state index in [9.17, 15) is 18.0 Å². The summed E-state index contributed by atoms with van der Waals surface area (Å²) in [5, 5.41) is 5.17. The Morgan fingerprint density at radius 3 is 2.70 bits per heavy atom. The quantitative estimate of drug-likeness (QED) is 0.631. The Balaban J connectivity index is 2.12. The predicted octanol–water partition coefficient (Wildman–Crippen LogP) is 3.36. The molecule has 1 heterocycles. The summed E-state index contributed by atoms with van der Waals surface area (Å²) in [6.45, 7) is 2.73. The third kappa shape index (κ3) is 4.18. The summed E-state index contributed by atoms with van der Waals surface area (Å²) < 4.78 is 39.6. The molecule has 0 fully saturated rings. The average Bonchev–Trinajstić information content (AvgIpc) is 2.56. The molecule has 0 saturated carbocycles. The van der Waals surface area contributed by atoms with Crippen LogP contribution in [-0.2, 0) is 0 Å². The van der Waals surface area contributed by atoms with E-state index in [4.69, 9.17) is 0 Å². The van der Waals surface area contributed by atoms with Crippen LogP contribution in [0.5, 0.6) is 0 Å². The lowest BCUT2D eigenvalue weighted by molar-refractivity contribution is 0.102. The van der Waals surface area contributed by atoms with Crippen molar-refractivity contribution in [3.8, 4) is 0 Å². The first kappa shape index (κ1) is 16.7. The number of amides is 1. The molecule has 0 aliphatic heterocycles. The Bertz CT molecular complexity index is 709. The van der Waals surface area contributed by atoms with E-state index in [-0.39, 0.29) is 5.69 Å². The van der Waals surface area contributed by atoms with Crippen molar-refractivity contribution < 1.29 is 18.0 Å². The molecule has 0 spiro atoms. The molecule has 1 amide bonds. The van der Waals surface area contributed by atoms with Crippen LogP contribution in [0.1, 0.15) is 30.3 Å². The van der Waals surface area contributed by atoms with E-state index in [0.29, 0.717) is 12.4 Å². The molecule has 1 aromatic heterocycles. The Morgan fingerprint density at radius 1 is 1.17 bits per heavy atom. The second-order valence-electron chi connectivity index (χ2n) is 4.75. The Morgan fingerprint density at radius 2 is 1.96 bits per heavy atom. The number of unbranched alkanes of at least 4 members (excludes halogenated alkanes) is 1. The number of anilines is 2. The number of benzene rings is 1. The third-order valence-corrected chi connectivity index (χ3v) is 3.02. The van der Waals surface area contributed by atoms with Crippen LogP contribution in [0, 0.1) is 17.5 Å². The van der Waals surface area contributed by atoms with Crippen LogP contribution in [0.4, 0.5) is 24.7 Å². The topological polar surface area (TPSA) is 66.9 Å². The summed E-state index contributed by atoms with van der Waals surface area (Å²) in [5.74, 6) is -4.74. The van der Waals surface area contributed by atoms with Gasteiger partial charge in [-0.15, -0.1) is 0 Å². The minimum Gasteiger partial charge on any atom is -0.370 e. The fourth-order valence-electron chi connectivity index (χ4n) is 1.78. The van der Waals surface area contributed by atoms with Crippen LogP contribution in [0.2, 0.25) is 0 Å². The lowest BCUT2D eigenvalue weighted by atomic mass is 10.2. The zero-order chi connectivity index (χ0) is 16.8. The fraction of sp³-hybridized carbons (Fsp3) is 0.267. The molecule has 122 valence electrons. The SMILES string of the molecule is CCCCNc1cc(C(=O)Nc2ccc(F)c(F)c2F)ncn1. The normalized spacial score (nSPS) is 10.4. The van der Waals surface area contributed by atoms with Crippen LogP contribution in [0.25, 0.3) is 0 Å². The Labute approximate surface area is 131 Å². The largest absolute Gasteiger partial charge is 0.370 e. The summed E-state index contributed by atoms with van der Waals surface area (Å²) in [6, 6.07) is 3.06. The zero-order valence-corrected chi connectivity index (χ0v) is 12.4. The number of nitrogens with one attached hydrogen (secondary N) is 2. The van der Waals surface area contributed by atoms with Gasteiger partial charge in [-0.3, -0.25) is 4.79 Å². The molecule has 0 radical (unpaired) electrons. The van der Waals surface area contributed by atoms with Gasteiger partial charge in [0.1, 0.15) is 17.8 Å². The molecule has 2 aromatic rings. The van der Waals surface area contributed by atoms with E-state index >= 15 is 0 Å². The lowest BCUT2D eigenvalue weighted by Crippen LogP contribution is -2.16. The number of nitrogens with zero attached hydrogens (tertiary/aromatic N) is 2. The van der Waals surface area contributed by atoms with E-state index in [0.717, 1.165) is 25.0 Å². The number of rotatable bonds is 6. The third-order valence-electron chi connectivity index (χ3n) is 3.02. The van der Waals surface area contributed by atoms with E-state index < -0.39 is 29.0 Å². The van der Waals surface area contributed by atoms with Crippen LogP contribution < -0.4 is 10.6 Å². The van der Waals surface area contributed by atoms with Gasteiger partial charge < -0.3 is 10.6 Å². The molecule has 0 unspecified atom stereocenters. The van der Waals surface area contributed by atoms with Crippen LogP contribution in [-0.4, -0.2) is 22.4 Å². The molecule has 2 rings (SSSR count). The molecule has 0 saturated heterocycles. The van der Waals surface area contributed by atoms with Gasteiger partial charge in [0.15, 0.2) is 17.5 Å². The highest BCUT2D eigenvalue weighted by molar-refractivity contribution is 6.03. The van der Waals surface area contributed by atoms with Gasteiger partial charge in [-0.05, 0) is 18.6 Å². The summed E-state index contributed by atoms with van der Waals surface area (Å²) in [7, 11) is 0. The van der Waals surface area contributed by atoms with E-state index in [1.165, 1.54) is 12.4 Å². The number of hydrogen-bond acceptors (Lipinski definition) is 4. The summed E-state index contributed by atoms with van der Waals surface area (Å²) >= 11 is 0. The van der Waals surface area contributed by atoms with Gasteiger partial charge in [-0.2, -0.15) is 0 Å². The molecular weight excluding hydrogens is 309 g/mol. The molecule has 0 atom stereocenters. The minimum absolute atomic E-state index is 0.0249. The van der Waals surface area contributed by atoms with Gasteiger partial charge in [0.2, 0.25) is 0 Å². The highest BCUT2D eigenvalue weighted by Gasteiger charge is 2.16. The Hall–Kier alpha value is -2.64. The number of hydrogen-bond donors (Lipinski definition) is 2. The molecule has 1 aromatic carbocycles. The van der Waals surface area contributed by atoms with Gasteiger partial charge in [0.05, 0.1) is 5.69 Å². The first-order valence-corrected chi connectivity index (χ1v) is 7.03. The molecule has 0 bridgehead atoms. The Kier molecular flexibility index (Phi) is 5.51. The summed E-state index contributed by atoms with van der Waals surface area (Å²) in [6.07, 6.45) is 3.12. The van der Waals surface area contributed by atoms with Gasteiger partial charge in [-0.25, -0.2) is 23.1 Å². The monoisotopic (exact) mass is 324 g/mol. The fourth-order valence-corrected chi connectivity index (χ4v) is 1.78. The molecule has 2 N–H and O–H groups in total. The highest BCUT2D eigenvalue weighted by Crippen LogP contribution is 2.20. The molecule has 0 aliphatic carbocycles. The van der Waals surface area contributed by atoms with E-state index in [1.54, 1.807) is 0 Å². The van der Waals surface area contributed by atoms with Crippen molar-refractivity contribution in [1.82, 2.24) is 9.97 Å². The number of aromatic nitrogens is 2. The summed E-state index contributed by atoms with van der Waals surface area (Å²) in [5.41, 5.74) is -0.490. The average molecular weight is 324 g/mol. The highest BCUT2D eigenvalue weighted by atomic mass is 19.2. The standard InChI is InChI=1S/C15H15F3N4O/c1-2-3-6-19-12-7-11(20-8-21-12)15(23)22-10-5-4-9(16)13(17)14(10)18/h4-5,7-8H,2-3,6H2,1H3,(H,22,23)(H,19,20,21). The van der Waals surface area contributed by atoms with Gasteiger partial charge in [0, 0.05) is 12.6 Å². The smallest absolute Gasteiger partial charge is 0.274 e. The van der Waals surface area contributed by atoms with Crippen molar-refractivity contribution in [2.45, 2.75) is 19.8 Å². The van der Waals surface area contributed by atoms with Gasteiger partial charge >= 0.3 is 0 Å². The lowest BCUT2D eigenvalue weighted by Gasteiger charge is -2.08. The van der Waals surface area contributed by atoms with Crippen molar-refractivity contribution in [3.63, 3.8) is 0 Å². The predicted molar refractivity (Wildman–Crippen MR) is 79.7 cm³/mol. The van der Waals surface area contributed by atoms with Crippen molar-refractivity contribution in [1.29, 1.82) is 0 Å². The first-order chi connectivity index (χ1) is 11.0. The van der Waals surface area contributed by atoms with Crippen LogP contribution in [0.3, 0.4) is 0 Å². The maximum atomic E-state index is 13.5. The maximum Gasteiger partial charge on any atom is 0.274 e. The molecular formula is C15H15F3N4O. The van der Waals surface area contributed by atoms with E-state index in [1.807, 2.05) is 6.92 Å². The number of carbonyl (C=O) groups is 1. The number of carbonyl (C=O) groups excluding carboxylic acids is 1. The summed E-state index contributed by atoms with van der Waals surface area (Å²) in [4.78, 5) is 19.8. The first-order valence-electron chi connectivity index (χ1n) is 7.03. The van der Waals surface area contributed by atoms with Crippen molar-refractivity contribution in [3.05, 3.63) is 47.7 Å². The zero-order valence-electron chi connectivity index (χ0n) is 12.4. The van der Waals surface area contributed by atoms with Gasteiger partial charge in [0.25, 0.3) is 5.91 Å². The molecule has 8 heteroatoms. The maximum absolute atomic E-state index is 13.5. The second kappa shape index (κ2) is 7.57. The van der Waals surface area contributed by atoms with Gasteiger partial charge in [-0.1, -0.05) is 13.3 Å².